The maximum atomic E-state index is 12.2. The van der Waals surface area contributed by atoms with Gasteiger partial charge in [-0.05, 0) is 18.9 Å². The lowest BCUT2D eigenvalue weighted by molar-refractivity contribution is -0.140. The van der Waals surface area contributed by atoms with Crippen LogP contribution in [0.4, 0.5) is 0 Å². The van der Waals surface area contributed by atoms with Crippen LogP contribution in [-0.2, 0) is 4.79 Å². The van der Waals surface area contributed by atoms with Gasteiger partial charge in [0.25, 0.3) is 5.91 Å². The number of hydrogen-bond acceptors (Lipinski definition) is 3. The van der Waals surface area contributed by atoms with Crippen molar-refractivity contribution in [1.82, 2.24) is 5.32 Å². The van der Waals surface area contributed by atoms with E-state index < -0.39 is 17.9 Å². The van der Waals surface area contributed by atoms with Crippen LogP contribution in [0.2, 0.25) is 0 Å². The number of para-hydroxylation sites is 1. The van der Waals surface area contributed by atoms with Gasteiger partial charge in [-0.25, -0.2) is 4.79 Å². The molecule has 0 saturated heterocycles. The summed E-state index contributed by atoms with van der Waals surface area (Å²) in [5.74, 6) is -1.60. The Morgan fingerprint density at radius 2 is 1.90 bits per heavy atom. The largest absolute Gasteiger partial charge is 0.480 e. The van der Waals surface area contributed by atoms with Gasteiger partial charge in [0, 0.05) is 10.9 Å². The third kappa shape index (κ3) is 2.52. The van der Waals surface area contributed by atoms with Gasteiger partial charge in [-0.1, -0.05) is 32.0 Å². The van der Waals surface area contributed by atoms with E-state index in [0.29, 0.717) is 11.1 Å². The first-order chi connectivity index (χ1) is 9.41. The summed E-state index contributed by atoms with van der Waals surface area (Å²) in [6, 6.07) is 6.38. The van der Waals surface area contributed by atoms with E-state index >= 15 is 0 Å². The van der Waals surface area contributed by atoms with Gasteiger partial charge in [-0.2, -0.15) is 0 Å². The standard InChI is InChI=1S/C15H17NO4/c1-8(2)12(15(18)19)16-14(17)13-9(3)10-6-4-5-7-11(10)20-13/h4-8,12H,1-3H3,(H,16,17)(H,18,19). The van der Waals surface area contributed by atoms with Crippen LogP contribution in [0, 0.1) is 12.8 Å². The van der Waals surface area contributed by atoms with E-state index in [0.717, 1.165) is 5.39 Å². The van der Waals surface area contributed by atoms with E-state index in [1.165, 1.54) is 0 Å². The number of amides is 1. The lowest BCUT2D eigenvalue weighted by Crippen LogP contribution is -2.44. The van der Waals surface area contributed by atoms with Crippen LogP contribution < -0.4 is 5.32 Å². The average molecular weight is 275 g/mol. The predicted octanol–water partition coefficient (Wildman–Crippen LogP) is 2.58. The molecular weight excluding hydrogens is 258 g/mol. The molecule has 5 heteroatoms. The Balaban J connectivity index is 2.32. The molecule has 0 aliphatic rings. The number of carbonyl (C=O) groups is 2. The van der Waals surface area contributed by atoms with Gasteiger partial charge in [-0.15, -0.1) is 0 Å². The summed E-state index contributed by atoms with van der Waals surface area (Å²) in [6.45, 7) is 5.26. The zero-order chi connectivity index (χ0) is 14.9. The fourth-order valence-electron chi connectivity index (χ4n) is 2.11. The van der Waals surface area contributed by atoms with Gasteiger partial charge >= 0.3 is 5.97 Å². The summed E-state index contributed by atoms with van der Waals surface area (Å²) in [6.07, 6.45) is 0. The Hall–Kier alpha value is -2.30. The Morgan fingerprint density at radius 3 is 2.45 bits per heavy atom. The number of aryl methyl sites for hydroxylation is 1. The molecule has 1 amide bonds. The second-order valence-electron chi connectivity index (χ2n) is 5.09. The van der Waals surface area contributed by atoms with Crippen molar-refractivity contribution in [1.29, 1.82) is 0 Å². The second-order valence-corrected chi connectivity index (χ2v) is 5.09. The maximum absolute atomic E-state index is 12.2. The zero-order valence-electron chi connectivity index (χ0n) is 11.6. The molecule has 5 nitrogen and oxygen atoms in total. The maximum Gasteiger partial charge on any atom is 0.326 e. The molecule has 0 spiro atoms. The summed E-state index contributed by atoms with van der Waals surface area (Å²) in [5, 5.41) is 12.5. The monoisotopic (exact) mass is 275 g/mol. The number of benzene rings is 1. The number of carboxylic acids is 1. The van der Waals surface area contributed by atoms with Crippen LogP contribution in [-0.4, -0.2) is 23.0 Å². The van der Waals surface area contributed by atoms with Gasteiger partial charge < -0.3 is 14.8 Å². The fourth-order valence-corrected chi connectivity index (χ4v) is 2.11. The highest BCUT2D eigenvalue weighted by molar-refractivity contribution is 6.00. The molecule has 20 heavy (non-hydrogen) atoms. The first-order valence-electron chi connectivity index (χ1n) is 6.43. The lowest BCUT2D eigenvalue weighted by Gasteiger charge is -2.17. The molecule has 2 N–H and O–H groups in total. The van der Waals surface area contributed by atoms with Gasteiger partial charge in [0.1, 0.15) is 11.6 Å². The van der Waals surface area contributed by atoms with Crippen LogP contribution in [0.3, 0.4) is 0 Å². The molecule has 0 saturated carbocycles. The van der Waals surface area contributed by atoms with Crippen LogP contribution in [0.15, 0.2) is 28.7 Å². The molecule has 0 aliphatic carbocycles. The second kappa shape index (κ2) is 5.36. The summed E-state index contributed by atoms with van der Waals surface area (Å²) in [7, 11) is 0. The molecule has 0 bridgehead atoms. The van der Waals surface area contributed by atoms with E-state index in [1.54, 1.807) is 26.8 Å². The number of carboxylic acid groups (broad SMARTS) is 1. The SMILES string of the molecule is Cc1c(C(=O)NC(C(=O)O)C(C)C)oc2ccccc12. The van der Waals surface area contributed by atoms with E-state index in [-0.39, 0.29) is 11.7 Å². The molecule has 106 valence electrons. The summed E-state index contributed by atoms with van der Waals surface area (Å²) >= 11 is 0. The normalized spacial score (nSPS) is 12.6. The number of rotatable bonds is 4. The van der Waals surface area contributed by atoms with Crippen LogP contribution >= 0.6 is 0 Å². The minimum atomic E-state index is -1.05. The van der Waals surface area contributed by atoms with Crippen molar-refractivity contribution in [3.63, 3.8) is 0 Å². The fraction of sp³-hybridized carbons (Fsp3) is 0.333. The number of fused-ring (bicyclic) bond motifs is 1. The molecule has 1 aromatic heterocycles. The molecule has 1 atom stereocenters. The molecule has 0 aliphatic heterocycles. The molecule has 1 aromatic carbocycles. The van der Waals surface area contributed by atoms with Crippen molar-refractivity contribution >= 4 is 22.8 Å². The molecule has 1 unspecified atom stereocenters. The lowest BCUT2D eigenvalue weighted by atomic mass is 10.0. The first kappa shape index (κ1) is 14.1. The van der Waals surface area contributed by atoms with Gasteiger partial charge in [-0.3, -0.25) is 4.79 Å². The Kier molecular flexibility index (Phi) is 3.79. The minimum Gasteiger partial charge on any atom is -0.480 e. The van der Waals surface area contributed by atoms with Gasteiger partial charge in [0.15, 0.2) is 5.76 Å². The molecular formula is C15H17NO4. The number of furan rings is 1. The Morgan fingerprint density at radius 1 is 1.25 bits per heavy atom. The van der Waals surface area contributed by atoms with Crippen molar-refractivity contribution in [2.24, 2.45) is 5.92 Å². The van der Waals surface area contributed by atoms with E-state index in [9.17, 15) is 9.59 Å². The van der Waals surface area contributed by atoms with Crippen LogP contribution in [0.25, 0.3) is 11.0 Å². The highest BCUT2D eigenvalue weighted by Crippen LogP contribution is 2.24. The topological polar surface area (TPSA) is 79.5 Å². The zero-order valence-corrected chi connectivity index (χ0v) is 11.6. The third-order valence-electron chi connectivity index (χ3n) is 3.27. The van der Waals surface area contributed by atoms with Crippen molar-refractivity contribution in [2.45, 2.75) is 26.8 Å². The minimum absolute atomic E-state index is 0.165. The van der Waals surface area contributed by atoms with E-state index in [1.807, 2.05) is 18.2 Å². The average Bonchev–Trinajstić information content (AvgIpc) is 2.73. The third-order valence-corrected chi connectivity index (χ3v) is 3.27. The molecule has 1 heterocycles. The molecule has 0 radical (unpaired) electrons. The molecule has 2 rings (SSSR count). The van der Waals surface area contributed by atoms with Crippen molar-refractivity contribution in [3.05, 3.63) is 35.6 Å². The van der Waals surface area contributed by atoms with Crippen LogP contribution in [0.1, 0.15) is 30.0 Å². The number of nitrogens with one attached hydrogen (secondary N) is 1. The van der Waals surface area contributed by atoms with E-state index in [4.69, 9.17) is 9.52 Å². The van der Waals surface area contributed by atoms with Gasteiger partial charge in [0.05, 0.1) is 0 Å². The quantitative estimate of drug-likeness (QED) is 0.898. The Bertz CT molecular complexity index is 657. The highest BCUT2D eigenvalue weighted by atomic mass is 16.4. The van der Waals surface area contributed by atoms with Crippen molar-refractivity contribution < 1.29 is 19.1 Å². The molecule has 0 fully saturated rings. The summed E-state index contributed by atoms with van der Waals surface area (Å²) in [4.78, 5) is 23.3. The number of aliphatic carboxylic acids is 1. The first-order valence-corrected chi connectivity index (χ1v) is 6.43. The summed E-state index contributed by atoms with van der Waals surface area (Å²) < 4.78 is 5.52. The van der Waals surface area contributed by atoms with Crippen LogP contribution in [0.5, 0.6) is 0 Å². The smallest absolute Gasteiger partial charge is 0.326 e. The predicted molar refractivity (Wildman–Crippen MR) is 74.7 cm³/mol. The number of carbonyl (C=O) groups excluding carboxylic acids is 1. The highest BCUT2D eigenvalue weighted by Gasteiger charge is 2.26. The van der Waals surface area contributed by atoms with Crippen molar-refractivity contribution in [3.8, 4) is 0 Å². The molecule has 2 aromatic rings. The Labute approximate surface area is 116 Å². The van der Waals surface area contributed by atoms with E-state index in [2.05, 4.69) is 5.32 Å². The van der Waals surface area contributed by atoms with Crippen molar-refractivity contribution in [2.75, 3.05) is 0 Å². The number of hydrogen-bond donors (Lipinski definition) is 2. The summed E-state index contributed by atoms with van der Waals surface area (Å²) in [5.41, 5.74) is 1.33. The van der Waals surface area contributed by atoms with Gasteiger partial charge in [0.2, 0.25) is 0 Å².